The summed E-state index contributed by atoms with van der Waals surface area (Å²) in [4.78, 5) is 13.0. The van der Waals surface area contributed by atoms with Crippen LogP contribution in [-0.2, 0) is 9.53 Å². The number of halogens is 3. The third-order valence-corrected chi connectivity index (χ3v) is 3.06. The van der Waals surface area contributed by atoms with Gasteiger partial charge < -0.3 is 4.74 Å². The van der Waals surface area contributed by atoms with Crippen molar-refractivity contribution in [1.29, 1.82) is 0 Å². The number of carbonyl (C=O) groups is 1. The fourth-order valence-electron chi connectivity index (χ4n) is 1.48. The normalized spacial score (nSPS) is 16.3. The van der Waals surface area contributed by atoms with Gasteiger partial charge >= 0.3 is 11.5 Å². The van der Waals surface area contributed by atoms with Crippen molar-refractivity contribution in [2.75, 3.05) is 25.4 Å². The Morgan fingerprint density at radius 3 is 2.59 bits per heavy atom. The first-order chi connectivity index (χ1) is 7.92. The molecule has 0 bridgehead atoms. The molecule has 0 aromatic carbocycles. The predicted molar refractivity (Wildman–Crippen MR) is 59.7 cm³/mol. The van der Waals surface area contributed by atoms with Gasteiger partial charge in [-0.1, -0.05) is 0 Å². The van der Waals surface area contributed by atoms with Crippen LogP contribution in [0.3, 0.4) is 0 Å². The number of hydrogen-bond acceptors (Lipinski definition) is 4. The van der Waals surface area contributed by atoms with Crippen molar-refractivity contribution in [3.05, 3.63) is 0 Å². The van der Waals surface area contributed by atoms with E-state index in [1.807, 2.05) is 0 Å². The smallest absolute Gasteiger partial charge is 0.441 e. The van der Waals surface area contributed by atoms with Gasteiger partial charge in [0.2, 0.25) is 0 Å². The number of ether oxygens (including phenoxy) is 1. The van der Waals surface area contributed by atoms with Crippen molar-refractivity contribution < 1.29 is 22.7 Å². The van der Waals surface area contributed by atoms with Gasteiger partial charge in [0, 0.05) is 18.3 Å². The second-order valence-electron chi connectivity index (χ2n) is 3.80. The summed E-state index contributed by atoms with van der Waals surface area (Å²) in [5, 5.41) is 0. The molecule has 7 heteroatoms. The third kappa shape index (κ3) is 6.78. The summed E-state index contributed by atoms with van der Waals surface area (Å²) in [6, 6.07) is 0.258. The quantitative estimate of drug-likeness (QED) is 0.664. The Morgan fingerprint density at radius 2 is 2.12 bits per heavy atom. The van der Waals surface area contributed by atoms with Crippen molar-refractivity contribution in [3.8, 4) is 0 Å². The van der Waals surface area contributed by atoms with Gasteiger partial charge in [0.05, 0.1) is 13.2 Å². The van der Waals surface area contributed by atoms with Crippen molar-refractivity contribution >= 4 is 17.7 Å². The lowest BCUT2D eigenvalue weighted by Crippen LogP contribution is -2.35. The lowest BCUT2D eigenvalue weighted by atomic mass is 10.4. The Hall–Kier alpha value is -0.430. The first kappa shape index (κ1) is 14.6. The summed E-state index contributed by atoms with van der Waals surface area (Å²) in [5.74, 6) is -0.407. The topological polar surface area (TPSA) is 29.5 Å². The minimum atomic E-state index is -4.20. The molecule has 0 unspecified atom stereocenters. The van der Waals surface area contributed by atoms with Crippen LogP contribution in [0.5, 0.6) is 0 Å². The van der Waals surface area contributed by atoms with E-state index in [0.717, 1.165) is 12.8 Å². The van der Waals surface area contributed by atoms with Crippen LogP contribution < -0.4 is 0 Å². The highest BCUT2D eigenvalue weighted by molar-refractivity contribution is 8.00. The molecule has 1 fully saturated rings. The molecule has 0 N–H and O–H groups in total. The van der Waals surface area contributed by atoms with Crippen molar-refractivity contribution in [2.24, 2.45) is 0 Å². The van der Waals surface area contributed by atoms with Crippen molar-refractivity contribution in [2.45, 2.75) is 31.3 Å². The van der Waals surface area contributed by atoms with E-state index < -0.39 is 5.51 Å². The van der Waals surface area contributed by atoms with E-state index in [1.165, 1.54) is 0 Å². The highest BCUT2D eigenvalue weighted by Gasteiger charge is 2.32. The molecule has 0 heterocycles. The number of thioether (sulfide) groups is 1. The molecular weight excluding hydrogens is 255 g/mol. The maximum absolute atomic E-state index is 12.0. The van der Waals surface area contributed by atoms with Gasteiger partial charge in [-0.25, -0.2) is 0 Å². The SMILES string of the molecule is CCOC(=O)CN(CCSC(F)(F)F)C1CC1. The van der Waals surface area contributed by atoms with Crippen molar-refractivity contribution in [1.82, 2.24) is 4.90 Å². The van der Waals surface area contributed by atoms with Gasteiger partial charge in [-0.05, 0) is 31.5 Å². The first-order valence-corrected chi connectivity index (χ1v) is 6.51. The summed E-state index contributed by atoms with van der Waals surface area (Å²) in [7, 11) is 0. The largest absolute Gasteiger partial charge is 0.465 e. The van der Waals surface area contributed by atoms with Crippen LogP contribution in [0, 0.1) is 0 Å². The first-order valence-electron chi connectivity index (χ1n) is 5.52. The van der Waals surface area contributed by atoms with E-state index in [4.69, 9.17) is 4.74 Å². The molecule has 0 atom stereocenters. The second kappa shape index (κ2) is 6.49. The van der Waals surface area contributed by atoms with Gasteiger partial charge in [-0.3, -0.25) is 9.69 Å². The number of rotatable bonds is 7. The van der Waals surface area contributed by atoms with E-state index in [1.54, 1.807) is 11.8 Å². The fraction of sp³-hybridized carbons (Fsp3) is 0.900. The number of carbonyl (C=O) groups excluding carboxylic acids is 1. The Bertz CT molecular complexity index is 256. The van der Waals surface area contributed by atoms with Crippen LogP contribution in [0.2, 0.25) is 0 Å². The molecule has 0 spiro atoms. The average Bonchev–Trinajstić information content (AvgIpc) is 2.97. The minimum Gasteiger partial charge on any atom is -0.465 e. The van der Waals surface area contributed by atoms with Crippen molar-refractivity contribution in [3.63, 3.8) is 0 Å². The molecule has 0 aromatic heterocycles. The van der Waals surface area contributed by atoms with Crippen LogP contribution in [0.15, 0.2) is 0 Å². The van der Waals surface area contributed by atoms with Gasteiger partial charge in [-0.2, -0.15) is 13.2 Å². The maximum atomic E-state index is 12.0. The highest BCUT2D eigenvalue weighted by Crippen LogP contribution is 2.31. The van der Waals surface area contributed by atoms with E-state index in [0.29, 0.717) is 6.61 Å². The van der Waals surface area contributed by atoms with E-state index in [-0.39, 0.29) is 42.6 Å². The molecule has 1 saturated carbocycles. The molecule has 100 valence electrons. The monoisotopic (exact) mass is 271 g/mol. The molecule has 0 amide bonds. The van der Waals surface area contributed by atoms with Crippen LogP contribution in [0.1, 0.15) is 19.8 Å². The lowest BCUT2D eigenvalue weighted by Gasteiger charge is -2.20. The Balaban J connectivity index is 2.26. The Labute approximate surface area is 103 Å². The zero-order valence-corrected chi connectivity index (χ0v) is 10.4. The molecule has 0 aliphatic heterocycles. The Morgan fingerprint density at radius 1 is 1.47 bits per heavy atom. The number of hydrogen-bond donors (Lipinski definition) is 0. The maximum Gasteiger partial charge on any atom is 0.441 e. The van der Waals surface area contributed by atoms with Crippen LogP contribution in [0.25, 0.3) is 0 Å². The molecule has 3 nitrogen and oxygen atoms in total. The molecule has 0 saturated heterocycles. The van der Waals surface area contributed by atoms with E-state index in [9.17, 15) is 18.0 Å². The molecule has 1 aliphatic carbocycles. The van der Waals surface area contributed by atoms with E-state index >= 15 is 0 Å². The van der Waals surface area contributed by atoms with Crippen LogP contribution in [-0.4, -0.2) is 47.9 Å². The second-order valence-corrected chi connectivity index (χ2v) is 4.96. The number of esters is 1. The Kier molecular flexibility index (Phi) is 5.58. The highest BCUT2D eigenvalue weighted by atomic mass is 32.2. The fourth-order valence-corrected chi connectivity index (χ4v) is 2.04. The molecular formula is C10H16F3NO2S. The van der Waals surface area contributed by atoms with Gasteiger partial charge in [0.15, 0.2) is 0 Å². The predicted octanol–water partition coefficient (Wildman–Crippen LogP) is 2.27. The summed E-state index contributed by atoms with van der Waals surface area (Å²) < 4.78 is 40.7. The van der Waals surface area contributed by atoms with Gasteiger partial charge in [0.25, 0.3) is 0 Å². The summed E-state index contributed by atoms with van der Waals surface area (Å²) in [5.41, 5.74) is -4.20. The molecule has 0 aromatic rings. The van der Waals surface area contributed by atoms with Crippen LogP contribution in [0.4, 0.5) is 13.2 Å². The molecule has 1 rings (SSSR count). The summed E-state index contributed by atoms with van der Waals surface area (Å²) >= 11 is -0.0463. The summed E-state index contributed by atoms with van der Waals surface area (Å²) in [6.07, 6.45) is 1.91. The molecule has 17 heavy (non-hydrogen) atoms. The molecule has 1 aliphatic rings. The zero-order chi connectivity index (χ0) is 12.9. The number of nitrogens with zero attached hydrogens (tertiary/aromatic N) is 1. The minimum absolute atomic E-state index is 0.0423. The van der Waals surface area contributed by atoms with Crippen LogP contribution >= 0.6 is 11.8 Å². The third-order valence-electron chi connectivity index (χ3n) is 2.35. The number of alkyl halides is 3. The summed E-state index contributed by atoms with van der Waals surface area (Å²) in [6.45, 7) is 2.37. The van der Waals surface area contributed by atoms with Gasteiger partial charge in [-0.15, -0.1) is 0 Å². The zero-order valence-electron chi connectivity index (χ0n) is 9.63. The van der Waals surface area contributed by atoms with E-state index in [2.05, 4.69) is 0 Å². The standard InChI is InChI=1S/C10H16F3NO2S/c1-2-16-9(15)7-14(8-3-4-8)5-6-17-10(11,12)13/h8H,2-7H2,1H3. The molecule has 0 radical (unpaired) electrons. The lowest BCUT2D eigenvalue weighted by molar-refractivity contribution is -0.144. The average molecular weight is 271 g/mol. The van der Waals surface area contributed by atoms with Gasteiger partial charge in [0.1, 0.15) is 0 Å².